The van der Waals surface area contributed by atoms with Gasteiger partial charge in [0, 0.05) is 13.2 Å². The minimum absolute atomic E-state index is 0.772. The molecule has 0 spiro atoms. The molecular formula is C14H40O5SSi5. The molecule has 0 aliphatic rings. The molecular weight excluding hydrogens is 421 g/mol. The molecule has 0 fully saturated rings. The van der Waals surface area contributed by atoms with E-state index in [1.54, 1.807) is 7.11 Å². The molecule has 5 nitrogen and oxygen atoms in total. The lowest BCUT2D eigenvalue weighted by Crippen LogP contribution is -2.61. The van der Waals surface area contributed by atoms with Crippen LogP contribution < -0.4 is 0 Å². The molecule has 0 rings (SSSR count). The molecule has 1 atom stereocenters. The van der Waals surface area contributed by atoms with E-state index < -0.39 is 42.6 Å². The lowest BCUT2D eigenvalue weighted by molar-refractivity contribution is 0.178. The Kier molecular flexibility index (Phi) is 10.1. The summed E-state index contributed by atoms with van der Waals surface area (Å²) in [6.07, 6.45) is 0.907. The first-order valence-corrected chi connectivity index (χ1v) is 23.9. The Labute approximate surface area is 166 Å². The van der Waals surface area contributed by atoms with E-state index in [0.29, 0.717) is 0 Å². The van der Waals surface area contributed by atoms with Gasteiger partial charge in [-0.15, -0.1) is 0 Å². The third kappa shape index (κ3) is 12.3. The van der Waals surface area contributed by atoms with E-state index in [-0.39, 0.29) is 0 Å². The van der Waals surface area contributed by atoms with Crippen LogP contribution in [0.3, 0.4) is 0 Å². The monoisotopic (exact) mass is 460 g/mol. The highest BCUT2D eigenvalue weighted by Gasteiger charge is 2.50. The van der Waals surface area contributed by atoms with E-state index in [2.05, 4.69) is 78.1 Å². The summed E-state index contributed by atoms with van der Waals surface area (Å²) in [5, 5.41) is 0. The fourth-order valence-electron chi connectivity index (χ4n) is 2.82. The van der Waals surface area contributed by atoms with E-state index in [1.165, 1.54) is 0 Å². The highest BCUT2D eigenvalue weighted by molar-refractivity contribution is 7.80. The molecule has 25 heavy (non-hydrogen) atoms. The first kappa shape index (κ1) is 26.2. The first-order valence-electron chi connectivity index (χ1n) is 8.92. The fourth-order valence-corrected chi connectivity index (χ4v) is 24.6. The quantitative estimate of drug-likeness (QED) is 0.327. The molecule has 152 valence electrons. The van der Waals surface area contributed by atoms with Crippen molar-refractivity contribution >= 4 is 55.2 Å². The molecule has 0 N–H and O–H groups in total. The van der Waals surface area contributed by atoms with Crippen LogP contribution in [0.5, 0.6) is 0 Å². The van der Waals surface area contributed by atoms with Gasteiger partial charge < -0.3 is 20.9 Å². The van der Waals surface area contributed by atoms with Crippen molar-refractivity contribution in [3.05, 3.63) is 0 Å². The summed E-state index contributed by atoms with van der Waals surface area (Å²) >= 11 is 4.35. The lowest BCUT2D eigenvalue weighted by Gasteiger charge is -2.42. The average molecular weight is 461 g/mol. The van der Waals surface area contributed by atoms with E-state index in [1.807, 2.05) is 0 Å². The van der Waals surface area contributed by atoms with Crippen LogP contribution in [0.15, 0.2) is 0 Å². The molecule has 0 aliphatic heterocycles. The van der Waals surface area contributed by atoms with Crippen LogP contribution in [0.2, 0.25) is 71.5 Å². The number of rotatable bonds is 12. The predicted molar refractivity (Wildman–Crippen MR) is 122 cm³/mol. The van der Waals surface area contributed by atoms with Crippen molar-refractivity contribution in [1.82, 2.24) is 0 Å². The Balaban J connectivity index is 5.35. The van der Waals surface area contributed by atoms with Crippen molar-refractivity contribution in [3.63, 3.8) is 0 Å². The topological polar surface area (TPSA) is 46.2 Å². The molecule has 0 amide bonds. The van der Waals surface area contributed by atoms with Crippen LogP contribution in [0.25, 0.3) is 0 Å². The van der Waals surface area contributed by atoms with E-state index in [9.17, 15) is 0 Å². The van der Waals surface area contributed by atoms with E-state index in [0.717, 1.165) is 18.2 Å². The highest BCUT2D eigenvalue weighted by atomic mass is 32.1. The summed E-state index contributed by atoms with van der Waals surface area (Å²) in [5.41, 5.74) is 0. The largest absolute Gasteiger partial charge is 0.481 e. The molecule has 0 aromatic rings. The second-order valence-corrected chi connectivity index (χ2v) is 29.2. The molecule has 0 radical (unpaired) electrons. The standard InChI is InChI=1S/C14H40O5SSi5/c1-15-25(14-12-13-20,17-22(5,6)7)19-24(10,11)18-23(8,9)16-21(2,3)4/h20H,12-14H2,1-11H3. The molecule has 11 heteroatoms. The van der Waals surface area contributed by atoms with Crippen molar-refractivity contribution in [2.24, 2.45) is 0 Å². The van der Waals surface area contributed by atoms with Crippen molar-refractivity contribution in [2.75, 3.05) is 12.9 Å². The highest BCUT2D eigenvalue weighted by Crippen LogP contribution is 2.29. The minimum atomic E-state index is -2.79. The Morgan fingerprint density at radius 3 is 1.44 bits per heavy atom. The summed E-state index contributed by atoms with van der Waals surface area (Å²) in [7, 11) is -9.32. The molecule has 0 saturated heterocycles. The van der Waals surface area contributed by atoms with Gasteiger partial charge in [0.05, 0.1) is 0 Å². The lowest BCUT2D eigenvalue weighted by atomic mass is 10.6. The van der Waals surface area contributed by atoms with Gasteiger partial charge in [-0.25, -0.2) is 0 Å². The Morgan fingerprint density at radius 2 is 1.08 bits per heavy atom. The van der Waals surface area contributed by atoms with Crippen LogP contribution in [-0.2, 0) is 20.9 Å². The number of hydrogen-bond acceptors (Lipinski definition) is 6. The maximum Gasteiger partial charge on any atom is 0.481 e. The van der Waals surface area contributed by atoms with Gasteiger partial charge in [-0.05, 0) is 77.6 Å². The summed E-state index contributed by atoms with van der Waals surface area (Å²) < 4.78 is 31.8. The van der Waals surface area contributed by atoms with Crippen molar-refractivity contribution in [1.29, 1.82) is 0 Å². The van der Waals surface area contributed by atoms with Crippen molar-refractivity contribution < 1.29 is 20.9 Å². The number of hydrogen-bond donors (Lipinski definition) is 1. The third-order valence-corrected chi connectivity index (χ3v) is 20.0. The summed E-state index contributed by atoms with van der Waals surface area (Å²) in [6, 6.07) is 0.772. The Hall–Kier alpha value is 1.23. The maximum absolute atomic E-state index is 6.59. The van der Waals surface area contributed by atoms with Crippen LogP contribution in [0.1, 0.15) is 6.42 Å². The molecule has 1 unspecified atom stereocenters. The SMILES string of the molecule is CO[Si](CCCS)(O[Si](C)(C)C)O[Si](C)(C)O[Si](C)(C)O[Si](C)(C)C. The van der Waals surface area contributed by atoms with Gasteiger partial charge in [0.1, 0.15) is 0 Å². The van der Waals surface area contributed by atoms with Crippen LogP contribution in [-0.4, -0.2) is 55.4 Å². The zero-order chi connectivity index (χ0) is 20.2. The third-order valence-electron chi connectivity index (χ3n) is 2.86. The Bertz CT molecular complexity index is 411. The Morgan fingerprint density at radius 1 is 0.640 bits per heavy atom. The van der Waals surface area contributed by atoms with Gasteiger partial charge in [-0.1, -0.05) is 0 Å². The second-order valence-electron chi connectivity index (χ2n) is 9.15. The predicted octanol–water partition coefficient (Wildman–Crippen LogP) is 5.03. The minimum Gasteiger partial charge on any atom is -0.437 e. The van der Waals surface area contributed by atoms with Gasteiger partial charge in [-0.2, -0.15) is 12.6 Å². The van der Waals surface area contributed by atoms with Crippen molar-refractivity contribution in [2.45, 2.75) is 77.9 Å². The zero-order valence-electron chi connectivity index (χ0n) is 18.1. The summed E-state index contributed by atoms with van der Waals surface area (Å²) in [6.45, 7) is 21.4. The molecule has 0 aromatic heterocycles. The molecule has 0 bridgehead atoms. The number of thiol groups is 1. The zero-order valence-corrected chi connectivity index (χ0v) is 24.0. The summed E-state index contributed by atoms with van der Waals surface area (Å²) in [5.74, 6) is 0.790. The van der Waals surface area contributed by atoms with Gasteiger partial charge in [0.25, 0.3) is 0 Å². The normalized spacial score (nSPS) is 16.8. The maximum atomic E-state index is 6.59. The van der Waals surface area contributed by atoms with Crippen LogP contribution in [0, 0.1) is 0 Å². The van der Waals surface area contributed by atoms with E-state index >= 15 is 0 Å². The van der Waals surface area contributed by atoms with E-state index in [4.69, 9.17) is 20.9 Å². The van der Waals surface area contributed by atoms with Crippen molar-refractivity contribution in [3.8, 4) is 0 Å². The van der Waals surface area contributed by atoms with Gasteiger partial charge in [0.2, 0.25) is 0 Å². The first-order chi connectivity index (χ1) is 10.9. The fraction of sp³-hybridized carbons (Fsp3) is 1.00. The smallest absolute Gasteiger partial charge is 0.437 e. The van der Waals surface area contributed by atoms with Gasteiger partial charge in [0.15, 0.2) is 16.6 Å². The van der Waals surface area contributed by atoms with Gasteiger partial charge in [-0.3, -0.25) is 0 Å². The van der Waals surface area contributed by atoms with Crippen LogP contribution >= 0.6 is 12.6 Å². The summed E-state index contributed by atoms with van der Waals surface area (Å²) in [4.78, 5) is 0. The molecule has 0 heterocycles. The molecule has 0 aliphatic carbocycles. The average Bonchev–Trinajstić information content (AvgIpc) is 2.28. The van der Waals surface area contributed by atoms with Gasteiger partial charge >= 0.3 is 25.9 Å². The second kappa shape index (κ2) is 9.63. The molecule has 0 saturated carbocycles. The molecule has 0 aromatic carbocycles. The van der Waals surface area contributed by atoms with Crippen LogP contribution in [0.4, 0.5) is 0 Å².